The lowest BCUT2D eigenvalue weighted by molar-refractivity contribution is -0.135. The summed E-state index contributed by atoms with van der Waals surface area (Å²) in [4.78, 5) is 28.1. The number of carbonyl (C=O) groups excluding carboxylic acids is 2. The number of fused-ring (bicyclic) bond motifs is 1. The van der Waals surface area contributed by atoms with E-state index in [0.29, 0.717) is 22.7 Å². The first-order valence-electron chi connectivity index (χ1n) is 10.6. The second-order valence-corrected chi connectivity index (χ2v) is 7.77. The Hall–Kier alpha value is -3.90. The number of ether oxygens (including phenoxy) is 2. The van der Waals surface area contributed by atoms with E-state index in [0.717, 1.165) is 5.56 Å². The standard InChI is InChI=1S/C27H25NO5/c1-32-20-14-15-25(33-2)21(17-20)24(29)18-27(31)22-12-6-7-13-23(22)28(26(27)30)16-8-11-19-9-4-3-5-10-19/h3-15,17,31H,16,18H2,1-2H3/b11-8-/t27-/m0/s1. The van der Waals surface area contributed by atoms with Gasteiger partial charge in [-0.2, -0.15) is 0 Å². The fourth-order valence-corrected chi connectivity index (χ4v) is 4.08. The molecule has 6 heteroatoms. The van der Waals surface area contributed by atoms with Crippen molar-refractivity contribution >= 4 is 23.5 Å². The fraction of sp³-hybridized carbons (Fsp3) is 0.185. The molecule has 1 amide bonds. The Morgan fingerprint density at radius 2 is 1.73 bits per heavy atom. The highest BCUT2D eigenvalue weighted by molar-refractivity contribution is 6.11. The number of amides is 1. The molecule has 0 aromatic heterocycles. The van der Waals surface area contributed by atoms with Crippen molar-refractivity contribution in [3.63, 3.8) is 0 Å². The lowest BCUT2D eigenvalue weighted by Crippen LogP contribution is -2.42. The minimum atomic E-state index is -1.97. The molecular weight excluding hydrogens is 418 g/mol. The number of methoxy groups -OCH3 is 2. The molecule has 0 saturated carbocycles. The van der Waals surface area contributed by atoms with E-state index in [1.807, 2.05) is 42.5 Å². The highest BCUT2D eigenvalue weighted by atomic mass is 16.5. The highest BCUT2D eigenvalue weighted by Crippen LogP contribution is 2.43. The Balaban J connectivity index is 1.63. The summed E-state index contributed by atoms with van der Waals surface area (Å²) in [6.45, 7) is 0.268. The third-order valence-corrected chi connectivity index (χ3v) is 5.76. The number of aliphatic hydroxyl groups is 1. The molecule has 1 N–H and O–H groups in total. The van der Waals surface area contributed by atoms with Crippen molar-refractivity contribution in [3.05, 3.63) is 95.6 Å². The summed E-state index contributed by atoms with van der Waals surface area (Å²) in [7, 11) is 2.96. The van der Waals surface area contributed by atoms with Gasteiger partial charge in [-0.05, 0) is 29.8 Å². The van der Waals surface area contributed by atoms with E-state index in [4.69, 9.17) is 9.47 Å². The van der Waals surface area contributed by atoms with Gasteiger partial charge in [-0.15, -0.1) is 0 Å². The molecule has 3 aromatic rings. The molecule has 0 saturated heterocycles. The molecule has 0 aliphatic carbocycles. The molecule has 33 heavy (non-hydrogen) atoms. The Labute approximate surface area is 192 Å². The highest BCUT2D eigenvalue weighted by Gasteiger charge is 2.50. The molecule has 0 unspecified atom stereocenters. The van der Waals surface area contributed by atoms with E-state index >= 15 is 0 Å². The van der Waals surface area contributed by atoms with E-state index in [2.05, 4.69) is 0 Å². The molecule has 1 atom stereocenters. The number of anilines is 1. The van der Waals surface area contributed by atoms with Crippen LogP contribution in [0.25, 0.3) is 6.08 Å². The molecule has 1 aliphatic heterocycles. The molecule has 1 heterocycles. The summed E-state index contributed by atoms with van der Waals surface area (Å²) in [5, 5.41) is 11.5. The van der Waals surface area contributed by atoms with Gasteiger partial charge in [0, 0.05) is 12.1 Å². The van der Waals surface area contributed by atoms with Gasteiger partial charge in [0.1, 0.15) is 11.5 Å². The van der Waals surface area contributed by atoms with Crippen LogP contribution in [-0.2, 0) is 10.4 Å². The van der Waals surface area contributed by atoms with Crippen LogP contribution in [0, 0.1) is 0 Å². The second kappa shape index (κ2) is 9.30. The molecule has 4 rings (SSSR count). The average molecular weight is 443 g/mol. The first-order valence-corrected chi connectivity index (χ1v) is 10.6. The maximum Gasteiger partial charge on any atom is 0.264 e. The quantitative estimate of drug-likeness (QED) is 0.528. The zero-order valence-corrected chi connectivity index (χ0v) is 18.5. The van der Waals surface area contributed by atoms with Gasteiger partial charge in [0.05, 0.1) is 31.9 Å². The summed E-state index contributed by atoms with van der Waals surface area (Å²) in [5.41, 5.74) is 0.292. The summed E-state index contributed by atoms with van der Waals surface area (Å²) in [6.07, 6.45) is 3.37. The molecule has 0 fully saturated rings. The van der Waals surface area contributed by atoms with Crippen LogP contribution in [0.5, 0.6) is 11.5 Å². The Morgan fingerprint density at radius 1 is 1.00 bits per heavy atom. The lowest BCUT2D eigenvalue weighted by atomic mass is 9.88. The van der Waals surface area contributed by atoms with Crippen molar-refractivity contribution in [2.75, 3.05) is 25.7 Å². The number of Topliss-reactive ketones (excluding diaryl/α,β-unsaturated/α-hetero) is 1. The van der Waals surface area contributed by atoms with Crippen LogP contribution in [-0.4, -0.2) is 37.6 Å². The predicted octanol–water partition coefficient (Wildman–Crippen LogP) is 4.22. The van der Waals surface area contributed by atoms with Gasteiger partial charge in [0.15, 0.2) is 11.4 Å². The van der Waals surface area contributed by atoms with Crippen LogP contribution in [0.3, 0.4) is 0 Å². The number of hydrogen-bond acceptors (Lipinski definition) is 5. The Morgan fingerprint density at radius 3 is 2.45 bits per heavy atom. The van der Waals surface area contributed by atoms with Crippen molar-refractivity contribution in [1.82, 2.24) is 0 Å². The van der Waals surface area contributed by atoms with Crippen LogP contribution in [0.2, 0.25) is 0 Å². The smallest absolute Gasteiger partial charge is 0.264 e. The van der Waals surface area contributed by atoms with E-state index in [9.17, 15) is 14.7 Å². The Bertz CT molecular complexity index is 1200. The largest absolute Gasteiger partial charge is 0.497 e. The Kier molecular flexibility index (Phi) is 6.29. The summed E-state index contributed by atoms with van der Waals surface area (Å²) in [6, 6.07) is 21.6. The van der Waals surface area contributed by atoms with Gasteiger partial charge in [0.2, 0.25) is 0 Å². The SMILES string of the molecule is COc1ccc(OC)c(C(=O)C[C@@]2(O)C(=O)N(C/C=C\c3ccccc3)c3ccccc32)c1. The third kappa shape index (κ3) is 4.25. The number of para-hydroxylation sites is 1. The van der Waals surface area contributed by atoms with Crippen molar-refractivity contribution in [2.24, 2.45) is 0 Å². The zero-order chi connectivity index (χ0) is 23.4. The first-order chi connectivity index (χ1) is 16.0. The van der Waals surface area contributed by atoms with E-state index < -0.39 is 23.7 Å². The van der Waals surface area contributed by atoms with Crippen LogP contribution in [0.1, 0.15) is 27.9 Å². The molecule has 0 bridgehead atoms. The average Bonchev–Trinajstić information content (AvgIpc) is 3.06. The van der Waals surface area contributed by atoms with E-state index in [1.54, 1.807) is 42.5 Å². The maximum atomic E-state index is 13.4. The molecular formula is C27H25NO5. The van der Waals surface area contributed by atoms with Crippen LogP contribution in [0.15, 0.2) is 78.9 Å². The molecule has 1 aliphatic rings. The topological polar surface area (TPSA) is 76.1 Å². The normalized spacial score (nSPS) is 17.3. The molecule has 0 radical (unpaired) electrons. The second-order valence-electron chi connectivity index (χ2n) is 7.77. The fourth-order valence-electron chi connectivity index (χ4n) is 4.08. The zero-order valence-electron chi connectivity index (χ0n) is 18.5. The molecule has 3 aromatic carbocycles. The van der Waals surface area contributed by atoms with Crippen LogP contribution >= 0.6 is 0 Å². The van der Waals surface area contributed by atoms with E-state index in [-0.39, 0.29) is 12.1 Å². The van der Waals surface area contributed by atoms with E-state index in [1.165, 1.54) is 19.1 Å². The van der Waals surface area contributed by atoms with Crippen LogP contribution < -0.4 is 14.4 Å². The van der Waals surface area contributed by atoms with Gasteiger partial charge in [-0.1, -0.05) is 60.7 Å². The third-order valence-electron chi connectivity index (χ3n) is 5.76. The number of hydrogen-bond donors (Lipinski definition) is 1. The number of rotatable bonds is 8. The van der Waals surface area contributed by atoms with Gasteiger partial charge >= 0.3 is 0 Å². The van der Waals surface area contributed by atoms with Gasteiger partial charge in [-0.25, -0.2) is 0 Å². The summed E-state index contributed by atoms with van der Waals surface area (Å²) in [5.74, 6) is -0.113. The predicted molar refractivity (Wildman–Crippen MR) is 127 cm³/mol. The van der Waals surface area contributed by atoms with Crippen molar-refractivity contribution < 1.29 is 24.2 Å². The summed E-state index contributed by atoms with van der Waals surface area (Å²) >= 11 is 0. The van der Waals surface area contributed by atoms with Gasteiger partial charge in [-0.3, -0.25) is 9.59 Å². The first kappa shape index (κ1) is 22.3. The van der Waals surface area contributed by atoms with Gasteiger partial charge in [0.25, 0.3) is 5.91 Å². The van der Waals surface area contributed by atoms with Crippen molar-refractivity contribution in [2.45, 2.75) is 12.0 Å². The van der Waals surface area contributed by atoms with Gasteiger partial charge < -0.3 is 19.5 Å². The maximum absolute atomic E-state index is 13.4. The monoisotopic (exact) mass is 443 g/mol. The molecule has 168 valence electrons. The number of nitrogens with zero attached hydrogens (tertiary/aromatic N) is 1. The van der Waals surface area contributed by atoms with Crippen molar-refractivity contribution in [1.29, 1.82) is 0 Å². The van der Waals surface area contributed by atoms with Crippen molar-refractivity contribution in [3.8, 4) is 11.5 Å². The number of carbonyl (C=O) groups is 2. The minimum absolute atomic E-state index is 0.248. The summed E-state index contributed by atoms with van der Waals surface area (Å²) < 4.78 is 10.5. The minimum Gasteiger partial charge on any atom is -0.497 e. The molecule has 0 spiro atoms. The number of ketones is 1. The molecule has 6 nitrogen and oxygen atoms in total. The van der Waals surface area contributed by atoms with Crippen LogP contribution in [0.4, 0.5) is 5.69 Å². The lowest BCUT2D eigenvalue weighted by Gasteiger charge is -2.22. The number of benzene rings is 3.